The SMILES string of the molecule is COCC(N)C(=O)NC1CCCc2sccc21.Cl. The van der Waals surface area contributed by atoms with Gasteiger partial charge in [0.25, 0.3) is 0 Å². The van der Waals surface area contributed by atoms with Crippen LogP contribution in [0.3, 0.4) is 0 Å². The molecule has 0 radical (unpaired) electrons. The lowest BCUT2D eigenvalue weighted by atomic mass is 9.94. The van der Waals surface area contributed by atoms with Gasteiger partial charge in [-0.2, -0.15) is 0 Å². The number of carbonyl (C=O) groups excluding carboxylic acids is 1. The Kier molecular flexibility index (Phi) is 6.08. The van der Waals surface area contributed by atoms with E-state index >= 15 is 0 Å². The monoisotopic (exact) mass is 290 g/mol. The zero-order valence-electron chi connectivity index (χ0n) is 10.3. The quantitative estimate of drug-likeness (QED) is 0.886. The van der Waals surface area contributed by atoms with Gasteiger partial charge < -0.3 is 15.8 Å². The van der Waals surface area contributed by atoms with Crippen LogP contribution in [0.15, 0.2) is 11.4 Å². The molecule has 0 bridgehead atoms. The highest BCUT2D eigenvalue weighted by atomic mass is 35.5. The number of ether oxygens (including phenoxy) is 1. The summed E-state index contributed by atoms with van der Waals surface area (Å²) in [5.41, 5.74) is 6.97. The maximum absolute atomic E-state index is 11.8. The number of rotatable bonds is 4. The van der Waals surface area contributed by atoms with Crippen molar-refractivity contribution in [3.05, 3.63) is 21.9 Å². The number of fused-ring (bicyclic) bond motifs is 1. The van der Waals surface area contributed by atoms with Gasteiger partial charge in [-0.15, -0.1) is 23.7 Å². The van der Waals surface area contributed by atoms with Gasteiger partial charge in [-0.3, -0.25) is 4.79 Å². The summed E-state index contributed by atoms with van der Waals surface area (Å²) in [5, 5.41) is 5.10. The maximum Gasteiger partial charge on any atom is 0.239 e. The summed E-state index contributed by atoms with van der Waals surface area (Å²) >= 11 is 1.77. The third-order valence-corrected chi connectivity index (χ3v) is 4.05. The number of aryl methyl sites for hydroxylation is 1. The average molecular weight is 291 g/mol. The van der Waals surface area contributed by atoms with E-state index in [1.807, 2.05) is 0 Å². The number of hydrogen-bond acceptors (Lipinski definition) is 4. The average Bonchev–Trinajstić information content (AvgIpc) is 2.78. The van der Waals surface area contributed by atoms with Crippen LogP contribution in [0.4, 0.5) is 0 Å². The molecule has 2 atom stereocenters. The summed E-state index contributed by atoms with van der Waals surface area (Å²) in [7, 11) is 1.55. The van der Waals surface area contributed by atoms with Crippen LogP contribution in [-0.2, 0) is 16.0 Å². The number of carbonyl (C=O) groups is 1. The molecule has 0 fully saturated rings. The Bertz CT molecular complexity index is 397. The fourth-order valence-corrected chi connectivity index (χ4v) is 3.16. The van der Waals surface area contributed by atoms with Gasteiger partial charge in [-0.05, 0) is 36.3 Å². The van der Waals surface area contributed by atoms with E-state index in [1.54, 1.807) is 18.4 Å². The van der Waals surface area contributed by atoms with E-state index in [-0.39, 0.29) is 31.0 Å². The number of thiophene rings is 1. The summed E-state index contributed by atoms with van der Waals surface area (Å²) in [5.74, 6) is -0.129. The smallest absolute Gasteiger partial charge is 0.239 e. The molecule has 102 valence electrons. The van der Waals surface area contributed by atoms with Gasteiger partial charge in [-0.1, -0.05) is 0 Å². The Morgan fingerprint density at radius 2 is 2.50 bits per heavy atom. The van der Waals surface area contributed by atoms with E-state index in [9.17, 15) is 4.79 Å². The van der Waals surface area contributed by atoms with Crippen molar-refractivity contribution in [3.8, 4) is 0 Å². The van der Waals surface area contributed by atoms with Crippen LogP contribution in [0.5, 0.6) is 0 Å². The molecule has 2 rings (SSSR count). The van der Waals surface area contributed by atoms with Crippen molar-refractivity contribution >= 4 is 29.7 Å². The second-order valence-electron chi connectivity index (χ2n) is 4.31. The fourth-order valence-electron chi connectivity index (χ4n) is 2.17. The first kappa shape index (κ1) is 15.4. The molecule has 4 nitrogen and oxygen atoms in total. The Balaban J connectivity index is 0.00000162. The molecule has 1 aliphatic rings. The molecule has 0 saturated carbocycles. The van der Waals surface area contributed by atoms with E-state index in [2.05, 4.69) is 16.8 Å². The molecule has 0 aliphatic heterocycles. The Morgan fingerprint density at radius 1 is 1.72 bits per heavy atom. The number of amides is 1. The molecule has 6 heteroatoms. The van der Waals surface area contributed by atoms with E-state index < -0.39 is 6.04 Å². The highest BCUT2D eigenvalue weighted by Gasteiger charge is 2.24. The first-order valence-corrected chi connectivity index (χ1v) is 6.71. The fraction of sp³-hybridized carbons (Fsp3) is 0.583. The molecular formula is C12H19ClN2O2S. The standard InChI is InChI=1S/C12H18N2O2S.ClH/c1-16-7-9(13)12(15)14-10-3-2-4-11-8(10)5-6-17-11;/h5-6,9-10H,2-4,7,13H2,1H3,(H,14,15);1H. The van der Waals surface area contributed by atoms with Crippen molar-refractivity contribution in [2.45, 2.75) is 31.3 Å². The van der Waals surface area contributed by atoms with Gasteiger partial charge in [0.1, 0.15) is 6.04 Å². The molecule has 1 amide bonds. The van der Waals surface area contributed by atoms with Crippen molar-refractivity contribution in [2.24, 2.45) is 5.73 Å². The third-order valence-electron chi connectivity index (χ3n) is 3.05. The van der Waals surface area contributed by atoms with Gasteiger partial charge in [0.15, 0.2) is 0 Å². The van der Waals surface area contributed by atoms with Gasteiger partial charge in [-0.25, -0.2) is 0 Å². The summed E-state index contributed by atoms with van der Waals surface area (Å²) in [6, 6.07) is 1.65. The predicted octanol–water partition coefficient (Wildman–Crippen LogP) is 1.64. The maximum atomic E-state index is 11.8. The van der Waals surface area contributed by atoms with Crippen LogP contribution in [0.2, 0.25) is 0 Å². The van der Waals surface area contributed by atoms with Crippen molar-refractivity contribution < 1.29 is 9.53 Å². The van der Waals surface area contributed by atoms with Crippen molar-refractivity contribution in [1.29, 1.82) is 0 Å². The Hall–Kier alpha value is -0.620. The summed E-state index contributed by atoms with van der Waals surface area (Å²) in [6.45, 7) is 0.259. The van der Waals surface area contributed by atoms with Crippen LogP contribution < -0.4 is 11.1 Å². The molecule has 1 heterocycles. The molecule has 18 heavy (non-hydrogen) atoms. The lowest BCUT2D eigenvalue weighted by Gasteiger charge is -2.25. The molecule has 1 aliphatic carbocycles. The highest BCUT2D eigenvalue weighted by Crippen LogP contribution is 2.33. The van der Waals surface area contributed by atoms with Crippen molar-refractivity contribution in [2.75, 3.05) is 13.7 Å². The van der Waals surface area contributed by atoms with E-state index in [0.717, 1.165) is 19.3 Å². The van der Waals surface area contributed by atoms with Crippen molar-refractivity contribution in [3.63, 3.8) is 0 Å². The Morgan fingerprint density at radius 3 is 3.22 bits per heavy atom. The molecule has 3 N–H and O–H groups in total. The summed E-state index contributed by atoms with van der Waals surface area (Å²) in [4.78, 5) is 13.2. The summed E-state index contributed by atoms with van der Waals surface area (Å²) < 4.78 is 4.88. The van der Waals surface area contributed by atoms with Crippen LogP contribution in [-0.4, -0.2) is 25.7 Å². The van der Waals surface area contributed by atoms with Gasteiger partial charge in [0.2, 0.25) is 5.91 Å². The van der Waals surface area contributed by atoms with Gasteiger partial charge in [0.05, 0.1) is 12.6 Å². The molecule has 1 aromatic rings. The number of nitrogens with two attached hydrogens (primary N) is 1. The van der Waals surface area contributed by atoms with Crippen LogP contribution in [0.25, 0.3) is 0 Å². The van der Waals surface area contributed by atoms with Crippen LogP contribution >= 0.6 is 23.7 Å². The zero-order valence-corrected chi connectivity index (χ0v) is 12.0. The normalized spacial score (nSPS) is 19.6. The topological polar surface area (TPSA) is 64.3 Å². The van der Waals surface area contributed by atoms with E-state index in [4.69, 9.17) is 10.5 Å². The predicted molar refractivity (Wildman–Crippen MR) is 75.2 cm³/mol. The largest absolute Gasteiger partial charge is 0.383 e. The van der Waals surface area contributed by atoms with Gasteiger partial charge in [0, 0.05) is 12.0 Å². The molecule has 0 aromatic carbocycles. The molecule has 1 aromatic heterocycles. The summed E-state index contributed by atoms with van der Waals surface area (Å²) in [6.07, 6.45) is 3.25. The van der Waals surface area contributed by atoms with Crippen molar-refractivity contribution in [1.82, 2.24) is 5.32 Å². The minimum Gasteiger partial charge on any atom is -0.383 e. The Labute approximate surface area is 117 Å². The molecular weight excluding hydrogens is 272 g/mol. The van der Waals surface area contributed by atoms with E-state index in [0.29, 0.717) is 0 Å². The number of methoxy groups -OCH3 is 1. The number of nitrogens with one attached hydrogen (secondary N) is 1. The van der Waals surface area contributed by atoms with Crippen LogP contribution in [0, 0.1) is 0 Å². The minimum atomic E-state index is -0.580. The second kappa shape index (κ2) is 7.09. The first-order valence-electron chi connectivity index (χ1n) is 5.83. The zero-order chi connectivity index (χ0) is 12.3. The lowest BCUT2D eigenvalue weighted by molar-refractivity contribution is -0.124. The second-order valence-corrected chi connectivity index (χ2v) is 5.32. The highest BCUT2D eigenvalue weighted by molar-refractivity contribution is 7.10. The molecule has 2 unspecified atom stereocenters. The number of halogens is 1. The first-order chi connectivity index (χ1) is 8.22. The van der Waals surface area contributed by atoms with E-state index in [1.165, 1.54) is 10.4 Å². The third kappa shape index (κ3) is 3.45. The lowest BCUT2D eigenvalue weighted by Crippen LogP contribution is -2.45. The van der Waals surface area contributed by atoms with Gasteiger partial charge >= 0.3 is 0 Å². The molecule has 0 spiro atoms. The minimum absolute atomic E-state index is 0. The van der Waals surface area contributed by atoms with Crippen LogP contribution in [0.1, 0.15) is 29.3 Å². The number of hydrogen-bond donors (Lipinski definition) is 2. The molecule has 0 saturated heterocycles.